The van der Waals surface area contributed by atoms with Gasteiger partial charge in [0, 0.05) is 19.2 Å². The molecule has 1 fully saturated rings. The van der Waals surface area contributed by atoms with E-state index in [9.17, 15) is 4.79 Å². The zero-order valence-electron chi connectivity index (χ0n) is 10.9. The molecule has 2 heterocycles. The first-order valence-electron chi connectivity index (χ1n) is 6.92. The number of carbonyl (C=O) groups excluding carboxylic acids is 1. The van der Waals surface area contributed by atoms with Crippen molar-refractivity contribution in [3.63, 3.8) is 0 Å². The van der Waals surface area contributed by atoms with Gasteiger partial charge in [0.05, 0.1) is 6.04 Å². The van der Waals surface area contributed by atoms with Crippen molar-refractivity contribution in [2.75, 3.05) is 6.61 Å². The van der Waals surface area contributed by atoms with E-state index in [0.29, 0.717) is 12.0 Å². The van der Waals surface area contributed by atoms with Crippen LogP contribution < -0.4 is 0 Å². The highest BCUT2D eigenvalue weighted by Gasteiger charge is 2.44. The number of fused-ring (bicyclic) bond motifs is 2. The molecule has 3 heteroatoms. The molecule has 1 N–H and O–H groups in total. The van der Waals surface area contributed by atoms with Crippen LogP contribution in [0.25, 0.3) is 0 Å². The van der Waals surface area contributed by atoms with Gasteiger partial charge in [0.15, 0.2) is 5.78 Å². The highest BCUT2D eigenvalue weighted by atomic mass is 16.3. The molecule has 2 bridgehead atoms. The van der Waals surface area contributed by atoms with Crippen LogP contribution >= 0.6 is 0 Å². The third-order valence-electron chi connectivity index (χ3n) is 4.26. The largest absolute Gasteiger partial charge is 0.396 e. The highest BCUT2D eigenvalue weighted by molar-refractivity contribution is 5.96. The van der Waals surface area contributed by atoms with Gasteiger partial charge < -0.3 is 5.11 Å². The Morgan fingerprint density at radius 2 is 2.05 bits per heavy atom. The Balaban J connectivity index is 1.81. The third-order valence-corrected chi connectivity index (χ3v) is 4.26. The Hall–Kier alpha value is -1.45. The highest BCUT2D eigenvalue weighted by Crippen LogP contribution is 2.37. The molecule has 19 heavy (non-hydrogen) atoms. The van der Waals surface area contributed by atoms with Crippen molar-refractivity contribution >= 4 is 5.78 Å². The van der Waals surface area contributed by atoms with E-state index in [0.717, 1.165) is 19.4 Å². The van der Waals surface area contributed by atoms with Crippen molar-refractivity contribution in [2.45, 2.75) is 31.5 Å². The van der Waals surface area contributed by atoms with E-state index >= 15 is 0 Å². The number of benzene rings is 1. The second kappa shape index (κ2) is 5.27. The molecular weight excluding hydrogens is 238 g/mol. The molecule has 0 saturated carbocycles. The minimum Gasteiger partial charge on any atom is -0.396 e. The fourth-order valence-corrected chi connectivity index (χ4v) is 3.39. The van der Waals surface area contributed by atoms with Crippen LogP contribution in [0.15, 0.2) is 42.5 Å². The fourth-order valence-electron chi connectivity index (χ4n) is 3.39. The molecule has 0 radical (unpaired) electrons. The number of ketones is 1. The number of aliphatic hydroxyl groups is 1. The van der Waals surface area contributed by atoms with Crippen LogP contribution in [-0.2, 0) is 11.3 Å². The average Bonchev–Trinajstić information content (AvgIpc) is 2.66. The molecule has 100 valence electrons. The van der Waals surface area contributed by atoms with Crippen LogP contribution in [0.4, 0.5) is 0 Å². The first kappa shape index (κ1) is 12.6. The van der Waals surface area contributed by atoms with Crippen LogP contribution in [-0.4, -0.2) is 34.5 Å². The van der Waals surface area contributed by atoms with E-state index < -0.39 is 0 Å². The molecule has 1 aromatic carbocycles. The number of aliphatic hydroxyl groups excluding tert-OH is 1. The number of carbonyl (C=O) groups is 1. The summed E-state index contributed by atoms with van der Waals surface area (Å²) >= 11 is 0. The summed E-state index contributed by atoms with van der Waals surface area (Å²) in [5, 5.41) is 9.16. The number of nitrogens with zero attached hydrogens (tertiary/aromatic N) is 1. The molecule has 2 aliphatic rings. The maximum Gasteiger partial charge on any atom is 0.172 e. The Morgan fingerprint density at radius 3 is 2.79 bits per heavy atom. The molecule has 2 aliphatic heterocycles. The minimum absolute atomic E-state index is 0.0395. The van der Waals surface area contributed by atoms with E-state index in [1.54, 1.807) is 6.08 Å². The van der Waals surface area contributed by atoms with Crippen molar-refractivity contribution < 1.29 is 9.90 Å². The van der Waals surface area contributed by atoms with Gasteiger partial charge in [-0.15, -0.1) is 0 Å². The van der Waals surface area contributed by atoms with Crippen molar-refractivity contribution in [2.24, 2.45) is 5.92 Å². The van der Waals surface area contributed by atoms with E-state index in [2.05, 4.69) is 17.0 Å². The van der Waals surface area contributed by atoms with Gasteiger partial charge in [-0.25, -0.2) is 0 Å². The Labute approximate surface area is 113 Å². The maximum atomic E-state index is 12.1. The maximum absolute atomic E-state index is 12.1. The molecule has 3 rings (SSSR count). The fraction of sp³-hybridized carbons (Fsp3) is 0.438. The van der Waals surface area contributed by atoms with Crippen molar-refractivity contribution in [3.8, 4) is 0 Å². The van der Waals surface area contributed by atoms with E-state index in [1.807, 2.05) is 24.3 Å². The van der Waals surface area contributed by atoms with Gasteiger partial charge >= 0.3 is 0 Å². The van der Waals surface area contributed by atoms with Gasteiger partial charge in [-0.3, -0.25) is 9.69 Å². The summed E-state index contributed by atoms with van der Waals surface area (Å²) in [4.78, 5) is 14.4. The van der Waals surface area contributed by atoms with Gasteiger partial charge in [-0.1, -0.05) is 36.4 Å². The zero-order chi connectivity index (χ0) is 13.2. The minimum atomic E-state index is -0.0395. The summed E-state index contributed by atoms with van der Waals surface area (Å²) in [5.41, 5.74) is 1.24. The summed E-state index contributed by atoms with van der Waals surface area (Å²) < 4.78 is 0. The van der Waals surface area contributed by atoms with Gasteiger partial charge in [0.1, 0.15) is 0 Å². The van der Waals surface area contributed by atoms with Gasteiger partial charge in [-0.05, 0) is 30.4 Å². The standard InChI is InChI=1S/C16H19NO2/c18-9-8-13-10-14-6-7-15(19)16(13)17(14)11-12-4-2-1-3-5-12/h1-7,13-14,16,18H,8-11H2/t13-,14-,16-/m1/s1. The molecule has 0 aliphatic carbocycles. The monoisotopic (exact) mass is 257 g/mol. The Morgan fingerprint density at radius 1 is 1.26 bits per heavy atom. The molecular formula is C16H19NO2. The number of hydrogen-bond donors (Lipinski definition) is 1. The van der Waals surface area contributed by atoms with E-state index in [-0.39, 0.29) is 18.4 Å². The SMILES string of the molecule is O=C1C=C[C@@H]2C[C@@H](CCO)[C@H]1N2Cc1ccccc1. The number of rotatable bonds is 4. The predicted molar refractivity (Wildman–Crippen MR) is 73.5 cm³/mol. The molecule has 1 saturated heterocycles. The first-order valence-corrected chi connectivity index (χ1v) is 6.92. The Bertz CT molecular complexity index is 483. The lowest BCUT2D eigenvalue weighted by atomic mass is 9.94. The lowest BCUT2D eigenvalue weighted by molar-refractivity contribution is -0.121. The predicted octanol–water partition coefficient (Wildman–Crippen LogP) is 1.77. The first-order chi connectivity index (χ1) is 9.29. The van der Waals surface area contributed by atoms with Crippen LogP contribution in [0.5, 0.6) is 0 Å². The molecule has 1 aromatic rings. The summed E-state index contributed by atoms with van der Waals surface area (Å²) in [6.07, 6.45) is 5.47. The molecule has 3 atom stereocenters. The lowest BCUT2D eigenvalue weighted by Crippen LogP contribution is -2.44. The normalized spacial score (nSPS) is 29.9. The second-order valence-corrected chi connectivity index (χ2v) is 5.44. The molecule has 0 spiro atoms. The molecule has 0 unspecified atom stereocenters. The topological polar surface area (TPSA) is 40.5 Å². The molecule has 0 aromatic heterocycles. The molecule has 3 nitrogen and oxygen atoms in total. The average molecular weight is 257 g/mol. The lowest BCUT2D eigenvalue weighted by Gasteiger charge is -2.31. The summed E-state index contributed by atoms with van der Waals surface area (Å²) in [6.45, 7) is 0.981. The van der Waals surface area contributed by atoms with Crippen LogP contribution in [0.2, 0.25) is 0 Å². The summed E-state index contributed by atoms with van der Waals surface area (Å²) in [7, 11) is 0. The third kappa shape index (κ3) is 2.36. The summed E-state index contributed by atoms with van der Waals surface area (Å²) in [5.74, 6) is 0.490. The van der Waals surface area contributed by atoms with Gasteiger partial charge in [0.2, 0.25) is 0 Å². The van der Waals surface area contributed by atoms with Crippen LogP contribution in [0, 0.1) is 5.92 Å². The van der Waals surface area contributed by atoms with Crippen molar-refractivity contribution in [1.82, 2.24) is 4.90 Å². The second-order valence-electron chi connectivity index (χ2n) is 5.44. The van der Waals surface area contributed by atoms with Crippen molar-refractivity contribution in [3.05, 3.63) is 48.0 Å². The van der Waals surface area contributed by atoms with E-state index in [4.69, 9.17) is 5.11 Å². The Kier molecular flexibility index (Phi) is 3.49. The quantitative estimate of drug-likeness (QED) is 0.893. The van der Waals surface area contributed by atoms with Gasteiger partial charge in [-0.2, -0.15) is 0 Å². The number of hydrogen-bond acceptors (Lipinski definition) is 3. The van der Waals surface area contributed by atoms with Crippen LogP contribution in [0.1, 0.15) is 18.4 Å². The molecule has 0 amide bonds. The van der Waals surface area contributed by atoms with Gasteiger partial charge in [0.25, 0.3) is 0 Å². The van der Waals surface area contributed by atoms with Crippen LogP contribution in [0.3, 0.4) is 0 Å². The zero-order valence-corrected chi connectivity index (χ0v) is 10.9. The smallest absolute Gasteiger partial charge is 0.172 e. The summed E-state index contributed by atoms with van der Waals surface area (Å²) in [6, 6.07) is 10.6. The van der Waals surface area contributed by atoms with Crippen molar-refractivity contribution in [1.29, 1.82) is 0 Å². The van der Waals surface area contributed by atoms with E-state index in [1.165, 1.54) is 5.56 Å².